The normalized spacial score (nSPS) is 22.4. The maximum atomic E-state index is 7.52. The molecule has 20 heavy (non-hydrogen) atoms. The van der Waals surface area contributed by atoms with E-state index >= 15 is 0 Å². The molecule has 1 aliphatic heterocycles. The molecular formula is C15H25N5. The maximum absolute atomic E-state index is 7.52. The predicted octanol–water partition coefficient (Wildman–Crippen LogP) is 2.15. The molecule has 3 rings (SSSR count). The van der Waals surface area contributed by atoms with Gasteiger partial charge in [-0.15, -0.1) is 0 Å². The second-order valence-electron chi connectivity index (χ2n) is 6.23. The van der Waals surface area contributed by atoms with Crippen LogP contribution in [0.1, 0.15) is 50.3 Å². The van der Waals surface area contributed by atoms with Gasteiger partial charge in [-0.2, -0.15) is 5.10 Å². The Morgan fingerprint density at radius 1 is 1.25 bits per heavy atom. The first-order valence-corrected chi connectivity index (χ1v) is 7.82. The Bertz CT molecular complexity index is 453. The van der Waals surface area contributed by atoms with Crippen LogP contribution in [0.15, 0.2) is 12.3 Å². The third-order valence-electron chi connectivity index (χ3n) is 4.78. The second-order valence-corrected chi connectivity index (χ2v) is 6.23. The molecular weight excluding hydrogens is 250 g/mol. The standard InChI is InChI=1S/C15H25N5/c16-15(17)12-5-8-19(9-6-12)11-13-7-10-20(18-13)14-3-1-2-4-14/h7,10,12,14H,1-6,8-9,11H2,(H3,16,17). The number of piperidine rings is 1. The number of amidine groups is 1. The zero-order chi connectivity index (χ0) is 13.9. The molecule has 0 amide bonds. The van der Waals surface area contributed by atoms with Crippen LogP contribution in [-0.4, -0.2) is 33.6 Å². The lowest BCUT2D eigenvalue weighted by molar-refractivity contribution is 0.198. The van der Waals surface area contributed by atoms with Gasteiger partial charge in [-0.1, -0.05) is 12.8 Å². The molecule has 1 saturated heterocycles. The van der Waals surface area contributed by atoms with E-state index in [2.05, 4.69) is 21.8 Å². The lowest BCUT2D eigenvalue weighted by Crippen LogP contribution is -2.37. The van der Waals surface area contributed by atoms with Crippen molar-refractivity contribution in [2.24, 2.45) is 11.7 Å². The van der Waals surface area contributed by atoms with E-state index in [0.717, 1.165) is 32.5 Å². The lowest BCUT2D eigenvalue weighted by atomic mass is 9.96. The summed E-state index contributed by atoms with van der Waals surface area (Å²) in [5.74, 6) is 0.650. The Morgan fingerprint density at radius 2 is 1.95 bits per heavy atom. The van der Waals surface area contributed by atoms with E-state index in [0.29, 0.717) is 17.8 Å². The van der Waals surface area contributed by atoms with Gasteiger partial charge >= 0.3 is 0 Å². The first-order valence-electron chi connectivity index (χ1n) is 7.82. The quantitative estimate of drug-likeness (QED) is 0.653. The Hall–Kier alpha value is -1.36. The van der Waals surface area contributed by atoms with Gasteiger partial charge in [-0.25, -0.2) is 0 Å². The van der Waals surface area contributed by atoms with Gasteiger partial charge in [0.25, 0.3) is 0 Å². The Labute approximate surface area is 120 Å². The Kier molecular flexibility index (Phi) is 4.05. The highest BCUT2D eigenvalue weighted by atomic mass is 15.3. The van der Waals surface area contributed by atoms with E-state index in [-0.39, 0.29) is 0 Å². The van der Waals surface area contributed by atoms with Crippen molar-refractivity contribution >= 4 is 5.84 Å². The van der Waals surface area contributed by atoms with E-state index in [9.17, 15) is 0 Å². The molecule has 1 aliphatic carbocycles. The molecule has 0 atom stereocenters. The van der Waals surface area contributed by atoms with Crippen molar-refractivity contribution in [2.75, 3.05) is 13.1 Å². The summed E-state index contributed by atoms with van der Waals surface area (Å²) < 4.78 is 2.17. The zero-order valence-corrected chi connectivity index (χ0v) is 12.1. The van der Waals surface area contributed by atoms with Crippen molar-refractivity contribution in [1.82, 2.24) is 14.7 Å². The summed E-state index contributed by atoms with van der Waals surface area (Å²) in [6, 6.07) is 2.79. The van der Waals surface area contributed by atoms with Crippen LogP contribution in [0.25, 0.3) is 0 Å². The van der Waals surface area contributed by atoms with Crippen LogP contribution in [0.3, 0.4) is 0 Å². The number of nitrogens with zero attached hydrogens (tertiary/aromatic N) is 3. The number of nitrogens with one attached hydrogen (secondary N) is 1. The highest BCUT2D eigenvalue weighted by molar-refractivity contribution is 5.79. The molecule has 2 heterocycles. The smallest absolute Gasteiger partial charge is 0.0937 e. The topological polar surface area (TPSA) is 70.9 Å². The summed E-state index contributed by atoms with van der Waals surface area (Å²) in [6.45, 7) is 2.99. The van der Waals surface area contributed by atoms with Crippen molar-refractivity contribution in [1.29, 1.82) is 5.41 Å². The minimum Gasteiger partial charge on any atom is -0.387 e. The average molecular weight is 275 g/mol. The van der Waals surface area contributed by atoms with Crippen LogP contribution in [0, 0.1) is 11.3 Å². The molecule has 5 heteroatoms. The first-order chi connectivity index (χ1) is 9.72. The fourth-order valence-corrected chi connectivity index (χ4v) is 3.47. The number of nitrogens with two attached hydrogens (primary N) is 1. The van der Waals surface area contributed by atoms with Gasteiger partial charge in [0, 0.05) is 18.7 Å². The van der Waals surface area contributed by atoms with E-state index in [1.807, 2.05) is 0 Å². The highest BCUT2D eigenvalue weighted by Gasteiger charge is 2.22. The van der Waals surface area contributed by atoms with Gasteiger partial charge in [0.15, 0.2) is 0 Å². The van der Waals surface area contributed by atoms with Gasteiger partial charge in [-0.3, -0.25) is 15.0 Å². The fourth-order valence-electron chi connectivity index (χ4n) is 3.47. The zero-order valence-electron chi connectivity index (χ0n) is 12.1. The molecule has 0 aromatic carbocycles. The second kappa shape index (κ2) is 5.95. The van der Waals surface area contributed by atoms with Gasteiger partial charge < -0.3 is 5.73 Å². The first kappa shape index (κ1) is 13.6. The van der Waals surface area contributed by atoms with E-state index in [1.165, 1.54) is 31.4 Å². The third-order valence-corrected chi connectivity index (χ3v) is 4.78. The third kappa shape index (κ3) is 3.03. The van der Waals surface area contributed by atoms with E-state index in [1.54, 1.807) is 0 Å². The van der Waals surface area contributed by atoms with Crippen molar-refractivity contribution in [3.8, 4) is 0 Å². The predicted molar refractivity (Wildman–Crippen MR) is 79.6 cm³/mol. The SMILES string of the molecule is N=C(N)C1CCN(Cc2ccn(C3CCCC3)n2)CC1. The number of likely N-dealkylation sites (tertiary alicyclic amines) is 1. The molecule has 0 unspecified atom stereocenters. The van der Waals surface area contributed by atoms with Crippen LogP contribution in [-0.2, 0) is 6.54 Å². The summed E-state index contributed by atoms with van der Waals surface area (Å²) in [4.78, 5) is 2.43. The molecule has 1 aromatic heterocycles. The Balaban J connectivity index is 1.52. The van der Waals surface area contributed by atoms with Gasteiger partial charge in [0.05, 0.1) is 17.6 Å². The van der Waals surface area contributed by atoms with Crippen LogP contribution in [0.5, 0.6) is 0 Å². The molecule has 1 saturated carbocycles. The van der Waals surface area contributed by atoms with Gasteiger partial charge in [-0.05, 0) is 44.8 Å². The van der Waals surface area contributed by atoms with Crippen LogP contribution in [0.4, 0.5) is 0 Å². The molecule has 2 aliphatic rings. The van der Waals surface area contributed by atoms with Crippen LogP contribution in [0.2, 0.25) is 0 Å². The molecule has 3 N–H and O–H groups in total. The average Bonchev–Trinajstić information content (AvgIpc) is 3.09. The molecule has 0 bridgehead atoms. The van der Waals surface area contributed by atoms with Gasteiger partial charge in [0.2, 0.25) is 0 Å². The van der Waals surface area contributed by atoms with E-state index < -0.39 is 0 Å². The number of rotatable bonds is 4. The van der Waals surface area contributed by atoms with Crippen LogP contribution >= 0.6 is 0 Å². The van der Waals surface area contributed by atoms with Crippen molar-refractivity contribution in [3.63, 3.8) is 0 Å². The molecule has 2 fully saturated rings. The molecule has 0 spiro atoms. The lowest BCUT2D eigenvalue weighted by Gasteiger charge is -2.30. The molecule has 110 valence electrons. The maximum Gasteiger partial charge on any atom is 0.0937 e. The molecule has 0 radical (unpaired) electrons. The number of aromatic nitrogens is 2. The highest BCUT2D eigenvalue weighted by Crippen LogP contribution is 2.29. The van der Waals surface area contributed by atoms with Crippen molar-refractivity contribution < 1.29 is 0 Å². The van der Waals surface area contributed by atoms with Crippen molar-refractivity contribution in [2.45, 2.75) is 51.1 Å². The summed E-state index contributed by atoms with van der Waals surface area (Å²) in [5, 5.41) is 12.3. The Morgan fingerprint density at radius 3 is 2.60 bits per heavy atom. The molecule has 5 nitrogen and oxygen atoms in total. The monoisotopic (exact) mass is 275 g/mol. The minimum atomic E-state index is 0.294. The summed E-state index contributed by atoms with van der Waals surface area (Å²) in [7, 11) is 0. The van der Waals surface area contributed by atoms with E-state index in [4.69, 9.17) is 16.2 Å². The van der Waals surface area contributed by atoms with Crippen molar-refractivity contribution in [3.05, 3.63) is 18.0 Å². The molecule has 1 aromatic rings. The summed E-state index contributed by atoms with van der Waals surface area (Å²) in [6.07, 6.45) is 9.43. The number of hydrogen-bond donors (Lipinski definition) is 2. The van der Waals surface area contributed by atoms with Crippen LogP contribution < -0.4 is 5.73 Å². The largest absolute Gasteiger partial charge is 0.387 e. The summed E-state index contributed by atoms with van der Waals surface area (Å²) in [5.41, 5.74) is 6.77. The fraction of sp³-hybridized carbons (Fsp3) is 0.733. The summed E-state index contributed by atoms with van der Waals surface area (Å²) >= 11 is 0. The minimum absolute atomic E-state index is 0.294. The number of hydrogen-bond acceptors (Lipinski definition) is 3. The van der Waals surface area contributed by atoms with Gasteiger partial charge in [0.1, 0.15) is 0 Å².